The minimum absolute atomic E-state index is 0.0320. The molecule has 0 aromatic heterocycles. The second-order valence-electron chi connectivity index (χ2n) is 8.15. The first-order chi connectivity index (χ1) is 14.0. The van der Waals surface area contributed by atoms with Crippen LogP contribution in [0.5, 0.6) is 0 Å². The van der Waals surface area contributed by atoms with Crippen molar-refractivity contribution in [3.05, 3.63) is 12.2 Å². The van der Waals surface area contributed by atoms with Gasteiger partial charge in [-0.15, -0.1) is 0 Å². The summed E-state index contributed by atoms with van der Waals surface area (Å²) in [6.45, 7) is 9.24. The first-order valence-electron chi connectivity index (χ1n) is 10.5. The Kier molecular flexibility index (Phi) is 10.2. The van der Waals surface area contributed by atoms with Gasteiger partial charge in [-0.1, -0.05) is 20.3 Å². The second-order valence-corrected chi connectivity index (χ2v) is 8.15. The van der Waals surface area contributed by atoms with Crippen LogP contribution < -0.4 is 16.0 Å². The Morgan fingerprint density at radius 2 is 1.43 bits per heavy atom. The summed E-state index contributed by atoms with van der Waals surface area (Å²) < 4.78 is 0. The second kappa shape index (κ2) is 12.1. The van der Waals surface area contributed by atoms with Gasteiger partial charge in [-0.2, -0.15) is 0 Å². The van der Waals surface area contributed by atoms with E-state index in [4.69, 9.17) is 0 Å². The van der Waals surface area contributed by atoms with Gasteiger partial charge in [0, 0.05) is 31.2 Å². The predicted octanol–water partition coefficient (Wildman–Crippen LogP) is 0.642. The monoisotopic (exact) mass is 422 g/mol. The molecule has 30 heavy (non-hydrogen) atoms. The van der Waals surface area contributed by atoms with Crippen LogP contribution in [0.1, 0.15) is 60.3 Å². The van der Waals surface area contributed by atoms with E-state index in [0.717, 1.165) is 0 Å². The number of rotatable bonds is 12. The van der Waals surface area contributed by atoms with Gasteiger partial charge >= 0.3 is 0 Å². The molecule has 168 valence electrons. The smallest absolute Gasteiger partial charge is 0.253 e. The lowest BCUT2D eigenvalue weighted by Crippen LogP contribution is -2.55. The third kappa shape index (κ3) is 8.34. The molecular formula is C21H34N4O5. The molecule has 1 aliphatic rings. The summed E-state index contributed by atoms with van der Waals surface area (Å²) in [5, 5.41) is 8.11. The summed E-state index contributed by atoms with van der Waals surface area (Å²) in [5.74, 6) is -1.69. The van der Waals surface area contributed by atoms with E-state index in [1.807, 2.05) is 27.7 Å². The van der Waals surface area contributed by atoms with E-state index in [-0.39, 0.29) is 42.0 Å². The SMILES string of the molecule is CC(C)NC(=O)[C@H](C)NC(=O)[C@@H](NC(=O)CCCCCN1C(=O)C=CC1=O)C(C)C. The number of nitrogens with one attached hydrogen (secondary N) is 3. The fourth-order valence-electron chi connectivity index (χ4n) is 2.94. The lowest BCUT2D eigenvalue weighted by Gasteiger charge is -2.24. The summed E-state index contributed by atoms with van der Waals surface area (Å²) in [4.78, 5) is 60.9. The Balaban J connectivity index is 2.38. The minimum Gasteiger partial charge on any atom is -0.352 e. The summed E-state index contributed by atoms with van der Waals surface area (Å²) in [5.41, 5.74) is 0. The van der Waals surface area contributed by atoms with Crippen molar-refractivity contribution in [1.82, 2.24) is 20.9 Å². The van der Waals surface area contributed by atoms with E-state index >= 15 is 0 Å². The van der Waals surface area contributed by atoms with Crippen molar-refractivity contribution in [2.45, 2.75) is 78.4 Å². The van der Waals surface area contributed by atoms with Gasteiger partial charge in [-0.25, -0.2) is 0 Å². The van der Waals surface area contributed by atoms with Crippen molar-refractivity contribution in [3.63, 3.8) is 0 Å². The molecule has 1 heterocycles. The zero-order valence-electron chi connectivity index (χ0n) is 18.5. The molecule has 0 spiro atoms. The fourth-order valence-corrected chi connectivity index (χ4v) is 2.94. The van der Waals surface area contributed by atoms with Gasteiger partial charge in [0.2, 0.25) is 17.7 Å². The normalized spacial score (nSPS) is 15.5. The predicted molar refractivity (Wildman–Crippen MR) is 112 cm³/mol. The standard InChI is InChI=1S/C21H34N4O5/c1-13(2)19(21(30)23-15(5)20(29)22-14(3)4)24-16(26)9-7-6-8-12-25-17(27)10-11-18(25)28/h10-11,13-15,19H,6-9,12H2,1-5H3,(H,22,29)(H,23,30)(H,24,26)/t15-,19-/m0/s1. The number of imide groups is 1. The molecule has 0 bridgehead atoms. The Bertz CT molecular complexity index is 669. The van der Waals surface area contributed by atoms with Gasteiger partial charge in [0.1, 0.15) is 12.1 Å². The van der Waals surface area contributed by atoms with Gasteiger partial charge in [0.15, 0.2) is 0 Å². The van der Waals surface area contributed by atoms with E-state index in [1.165, 1.54) is 17.1 Å². The quantitative estimate of drug-likeness (QED) is 0.314. The molecule has 0 aromatic rings. The number of carbonyl (C=O) groups is 5. The molecule has 0 aromatic carbocycles. The molecule has 5 amide bonds. The number of unbranched alkanes of at least 4 members (excludes halogenated alkanes) is 2. The molecule has 3 N–H and O–H groups in total. The molecule has 1 rings (SSSR count). The number of carbonyl (C=O) groups excluding carboxylic acids is 5. The summed E-state index contributed by atoms with van der Waals surface area (Å²) in [6.07, 6.45) is 4.61. The van der Waals surface area contributed by atoms with Crippen molar-refractivity contribution in [2.24, 2.45) is 5.92 Å². The highest BCUT2D eigenvalue weighted by Gasteiger charge is 2.27. The summed E-state index contributed by atoms with van der Waals surface area (Å²) >= 11 is 0. The highest BCUT2D eigenvalue weighted by Crippen LogP contribution is 2.09. The van der Waals surface area contributed by atoms with E-state index < -0.39 is 18.0 Å². The molecule has 0 fully saturated rings. The van der Waals surface area contributed by atoms with Crippen LogP contribution in [0, 0.1) is 5.92 Å². The van der Waals surface area contributed by atoms with Crippen LogP contribution in [0.25, 0.3) is 0 Å². The van der Waals surface area contributed by atoms with Gasteiger partial charge in [-0.3, -0.25) is 28.9 Å². The van der Waals surface area contributed by atoms with E-state index in [9.17, 15) is 24.0 Å². The molecule has 0 radical (unpaired) electrons. The van der Waals surface area contributed by atoms with Crippen LogP contribution in [-0.4, -0.2) is 59.1 Å². The summed E-state index contributed by atoms with van der Waals surface area (Å²) in [7, 11) is 0. The van der Waals surface area contributed by atoms with Crippen LogP contribution in [0.15, 0.2) is 12.2 Å². The molecule has 0 saturated heterocycles. The van der Waals surface area contributed by atoms with Crippen molar-refractivity contribution in [3.8, 4) is 0 Å². The van der Waals surface area contributed by atoms with Crippen molar-refractivity contribution in [2.75, 3.05) is 6.54 Å². The highest BCUT2D eigenvalue weighted by atomic mass is 16.2. The van der Waals surface area contributed by atoms with Crippen LogP contribution in [0.2, 0.25) is 0 Å². The fraction of sp³-hybridized carbons (Fsp3) is 0.667. The van der Waals surface area contributed by atoms with E-state index in [1.54, 1.807) is 6.92 Å². The van der Waals surface area contributed by atoms with Crippen LogP contribution in [0.3, 0.4) is 0 Å². The van der Waals surface area contributed by atoms with E-state index in [2.05, 4.69) is 16.0 Å². The van der Waals surface area contributed by atoms with Gasteiger partial charge in [0.25, 0.3) is 11.8 Å². The maximum absolute atomic E-state index is 12.5. The Morgan fingerprint density at radius 1 is 0.833 bits per heavy atom. The van der Waals surface area contributed by atoms with Crippen LogP contribution >= 0.6 is 0 Å². The molecule has 2 atom stereocenters. The first-order valence-corrected chi connectivity index (χ1v) is 10.5. The van der Waals surface area contributed by atoms with Crippen LogP contribution in [0.4, 0.5) is 0 Å². The Hall–Kier alpha value is -2.71. The molecular weight excluding hydrogens is 388 g/mol. The zero-order chi connectivity index (χ0) is 22.8. The van der Waals surface area contributed by atoms with Crippen molar-refractivity contribution < 1.29 is 24.0 Å². The highest BCUT2D eigenvalue weighted by molar-refractivity contribution is 6.12. The molecule has 1 aliphatic heterocycles. The van der Waals surface area contributed by atoms with E-state index in [0.29, 0.717) is 25.8 Å². The topological polar surface area (TPSA) is 125 Å². The average Bonchev–Trinajstić information content (AvgIpc) is 2.96. The molecule has 0 aliphatic carbocycles. The van der Waals surface area contributed by atoms with Gasteiger partial charge in [0.05, 0.1) is 0 Å². The third-order valence-electron chi connectivity index (χ3n) is 4.63. The van der Waals surface area contributed by atoms with Crippen LogP contribution in [-0.2, 0) is 24.0 Å². The maximum Gasteiger partial charge on any atom is 0.253 e. The maximum atomic E-state index is 12.5. The largest absolute Gasteiger partial charge is 0.352 e. The Labute approximate surface area is 178 Å². The number of hydrogen-bond acceptors (Lipinski definition) is 5. The van der Waals surface area contributed by atoms with Gasteiger partial charge < -0.3 is 16.0 Å². The number of hydrogen-bond donors (Lipinski definition) is 3. The average molecular weight is 423 g/mol. The molecule has 9 heteroatoms. The van der Waals surface area contributed by atoms with Crippen molar-refractivity contribution >= 4 is 29.5 Å². The zero-order valence-corrected chi connectivity index (χ0v) is 18.5. The Morgan fingerprint density at radius 3 is 1.97 bits per heavy atom. The third-order valence-corrected chi connectivity index (χ3v) is 4.63. The lowest BCUT2D eigenvalue weighted by molar-refractivity contribution is -0.137. The number of nitrogens with zero attached hydrogens (tertiary/aromatic N) is 1. The van der Waals surface area contributed by atoms with Crippen molar-refractivity contribution in [1.29, 1.82) is 0 Å². The van der Waals surface area contributed by atoms with Gasteiger partial charge in [-0.05, 0) is 39.5 Å². The first kappa shape index (κ1) is 25.3. The molecule has 9 nitrogen and oxygen atoms in total. The lowest BCUT2D eigenvalue weighted by atomic mass is 10.0. The summed E-state index contributed by atoms with van der Waals surface area (Å²) in [6, 6.07) is -1.48. The molecule has 0 saturated carbocycles. The number of amides is 5. The minimum atomic E-state index is -0.738. The molecule has 0 unspecified atom stereocenters.